The van der Waals surface area contributed by atoms with Crippen LogP contribution in [-0.2, 0) is 15.3 Å². The predicted octanol–water partition coefficient (Wildman–Crippen LogP) is 7.04. The molecule has 0 radical (unpaired) electrons. The lowest BCUT2D eigenvalue weighted by Gasteiger charge is -2.23. The Balaban J connectivity index is 1.57. The molecule has 5 rings (SSSR count). The van der Waals surface area contributed by atoms with E-state index >= 15 is 0 Å². The molecule has 4 aromatic rings. The summed E-state index contributed by atoms with van der Waals surface area (Å²) in [5.41, 5.74) is 4.99. The van der Waals surface area contributed by atoms with Gasteiger partial charge in [-0.05, 0) is 49.6 Å². The molecule has 38 heavy (non-hydrogen) atoms. The lowest BCUT2D eigenvalue weighted by atomic mass is 9.93. The van der Waals surface area contributed by atoms with Gasteiger partial charge in [0.05, 0.1) is 11.6 Å². The number of hydrogen-bond acceptors (Lipinski definition) is 7. The van der Waals surface area contributed by atoms with Crippen molar-refractivity contribution in [1.29, 1.82) is 0 Å². The number of rotatable bonds is 6. The Kier molecular flexibility index (Phi) is 7.38. The standard InChI is InChI=1S/C29H24ClN3O3S2/c1-16-9-12-19(13-10-16)24-23(25(34)21-14-17(2)8-11-18(21)3)26(35)27(36)33(24)28-31-32-29(38-28)37-15-20-6-4-5-7-22(20)30/h4-14,24,34H,15H2,1-3H3. The van der Waals surface area contributed by atoms with Crippen molar-refractivity contribution >= 4 is 57.3 Å². The second-order valence-electron chi connectivity index (χ2n) is 9.13. The minimum atomic E-state index is -0.843. The van der Waals surface area contributed by atoms with Crippen molar-refractivity contribution in [2.24, 2.45) is 0 Å². The van der Waals surface area contributed by atoms with Crippen LogP contribution in [0.25, 0.3) is 5.76 Å². The van der Waals surface area contributed by atoms with Gasteiger partial charge >= 0.3 is 5.91 Å². The van der Waals surface area contributed by atoms with Gasteiger partial charge in [-0.25, -0.2) is 0 Å². The number of carbonyl (C=O) groups is 2. The van der Waals surface area contributed by atoms with Crippen molar-refractivity contribution in [2.45, 2.75) is 36.9 Å². The maximum Gasteiger partial charge on any atom is 0.301 e. The number of hydrogen-bond donors (Lipinski definition) is 1. The lowest BCUT2D eigenvalue weighted by Crippen LogP contribution is -2.29. The fourth-order valence-corrected chi connectivity index (χ4v) is 6.50. The normalized spacial score (nSPS) is 16.8. The number of aliphatic hydroxyl groups excluding tert-OH is 1. The van der Waals surface area contributed by atoms with Gasteiger partial charge in [0.2, 0.25) is 5.13 Å². The average molecular weight is 562 g/mol. The number of anilines is 1. The molecule has 0 spiro atoms. The number of ketones is 1. The van der Waals surface area contributed by atoms with E-state index in [0.717, 1.165) is 22.3 Å². The number of thioether (sulfide) groups is 1. The van der Waals surface area contributed by atoms with E-state index in [4.69, 9.17) is 11.6 Å². The fourth-order valence-electron chi connectivity index (χ4n) is 4.34. The summed E-state index contributed by atoms with van der Waals surface area (Å²) >= 11 is 8.96. The van der Waals surface area contributed by atoms with Crippen molar-refractivity contribution in [3.05, 3.63) is 111 Å². The average Bonchev–Trinajstić information content (AvgIpc) is 3.47. The van der Waals surface area contributed by atoms with E-state index < -0.39 is 17.7 Å². The number of halogens is 1. The highest BCUT2D eigenvalue weighted by molar-refractivity contribution is 8.00. The van der Waals surface area contributed by atoms with E-state index in [1.807, 2.05) is 87.5 Å². The van der Waals surface area contributed by atoms with Gasteiger partial charge in [0.15, 0.2) is 4.34 Å². The van der Waals surface area contributed by atoms with E-state index in [9.17, 15) is 14.7 Å². The number of Topliss-reactive ketones (excluding diaryl/α,β-unsaturated/α-hetero) is 1. The molecular formula is C29H24ClN3O3S2. The van der Waals surface area contributed by atoms with Crippen LogP contribution in [0.4, 0.5) is 5.13 Å². The second-order valence-corrected chi connectivity index (χ2v) is 11.7. The van der Waals surface area contributed by atoms with Crippen molar-refractivity contribution in [3.8, 4) is 0 Å². The Bertz CT molecular complexity index is 1580. The summed E-state index contributed by atoms with van der Waals surface area (Å²) < 4.78 is 0.638. The highest BCUT2D eigenvalue weighted by Crippen LogP contribution is 2.44. The summed E-state index contributed by atoms with van der Waals surface area (Å²) in [5, 5.41) is 20.9. The quantitative estimate of drug-likeness (QED) is 0.0894. The van der Waals surface area contributed by atoms with Crippen LogP contribution in [0, 0.1) is 20.8 Å². The SMILES string of the molecule is Cc1ccc(C2C(=C(O)c3cc(C)ccc3C)C(=O)C(=O)N2c2nnc(SCc3ccccc3Cl)s2)cc1. The van der Waals surface area contributed by atoms with E-state index in [0.29, 0.717) is 31.4 Å². The number of amides is 1. The molecule has 1 atom stereocenters. The highest BCUT2D eigenvalue weighted by atomic mass is 35.5. The molecule has 2 heterocycles. The molecule has 1 saturated heterocycles. The van der Waals surface area contributed by atoms with Crippen LogP contribution >= 0.6 is 34.7 Å². The predicted molar refractivity (Wildman–Crippen MR) is 153 cm³/mol. The molecule has 1 N–H and O–H groups in total. The molecule has 1 aliphatic heterocycles. The smallest absolute Gasteiger partial charge is 0.301 e. The molecule has 0 saturated carbocycles. The third-order valence-corrected chi connectivity index (χ3v) is 8.87. The first-order valence-corrected chi connectivity index (χ1v) is 14.1. The van der Waals surface area contributed by atoms with Gasteiger partial charge < -0.3 is 5.11 Å². The molecule has 1 amide bonds. The number of aryl methyl sites for hydroxylation is 3. The van der Waals surface area contributed by atoms with Gasteiger partial charge in [-0.2, -0.15) is 0 Å². The topological polar surface area (TPSA) is 83.4 Å². The molecule has 0 bridgehead atoms. The van der Waals surface area contributed by atoms with Gasteiger partial charge in [0, 0.05) is 16.3 Å². The van der Waals surface area contributed by atoms with Crippen LogP contribution in [-0.4, -0.2) is 27.0 Å². The Morgan fingerprint density at radius 3 is 2.45 bits per heavy atom. The summed E-state index contributed by atoms with van der Waals surface area (Å²) in [4.78, 5) is 28.2. The Labute approximate surface area is 234 Å². The van der Waals surface area contributed by atoms with Crippen LogP contribution < -0.4 is 4.90 Å². The summed E-state index contributed by atoms with van der Waals surface area (Å²) in [5.74, 6) is -1.12. The molecule has 1 aromatic heterocycles. The zero-order valence-corrected chi connectivity index (χ0v) is 23.3. The van der Waals surface area contributed by atoms with Crippen LogP contribution in [0.15, 0.2) is 76.6 Å². The molecule has 1 unspecified atom stereocenters. The van der Waals surface area contributed by atoms with E-state index in [1.54, 1.807) is 0 Å². The third kappa shape index (κ3) is 4.99. The van der Waals surface area contributed by atoms with Gasteiger partial charge in [0.1, 0.15) is 5.76 Å². The van der Waals surface area contributed by atoms with E-state index in [2.05, 4.69) is 10.2 Å². The minimum absolute atomic E-state index is 0.0352. The van der Waals surface area contributed by atoms with Crippen molar-refractivity contribution in [2.75, 3.05) is 4.90 Å². The van der Waals surface area contributed by atoms with Crippen LogP contribution in [0.2, 0.25) is 5.02 Å². The van der Waals surface area contributed by atoms with Gasteiger partial charge in [-0.3, -0.25) is 14.5 Å². The molecule has 192 valence electrons. The molecule has 0 aliphatic carbocycles. The van der Waals surface area contributed by atoms with E-state index in [1.165, 1.54) is 28.0 Å². The first kappa shape index (κ1) is 26.2. The molecule has 9 heteroatoms. The van der Waals surface area contributed by atoms with Crippen molar-refractivity contribution < 1.29 is 14.7 Å². The monoisotopic (exact) mass is 561 g/mol. The molecule has 6 nitrogen and oxygen atoms in total. The molecule has 1 fully saturated rings. The second kappa shape index (κ2) is 10.7. The number of carbonyl (C=O) groups excluding carboxylic acids is 2. The molecule has 3 aromatic carbocycles. The van der Waals surface area contributed by atoms with Gasteiger partial charge in [-0.1, -0.05) is 100 Å². The maximum absolute atomic E-state index is 13.4. The summed E-state index contributed by atoms with van der Waals surface area (Å²) in [6, 6.07) is 19.9. The highest BCUT2D eigenvalue weighted by Gasteiger charge is 2.48. The number of nitrogens with zero attached hydrogens (tertiary/aromatic N) is 3. The molecular weight excluding hydrogens is 538 g/mol. The third-order valence-electron chi connectivity index (χ3n) is 6.40. The van der Waals surface area contributed by atoms with Gasteiger partial charge in [-0.15, -0.1) is 10.2 Å². The zero-order valence-electron chi connectivity index (χ0n) is 20.9. The van der Waals surface area contributed by atoms with Crippen molar-refractivity contribution in [1.82, 2.24) is 10.2 Å². The molecule has 1 aliphatic rings. The Hall–Kier alpha value is -3.46. The van der Waals surface area contributed by atoms with E-state index in [-0.39, 0.29) is 11.3 Å². The Morgan fingerprint density at radius 2 is 1.71 bits per heavy atom. The number of benzene rings is 3. The van der Waals surface area contributed by atoms with Crippen LogP contribution in [0.1, 0.15) is 39.4 Å². The minimum Gasteiger partial charge on any atom is -0.507 e. The van der Waals surface area contributed by atoms with Crippen LogP contribution in [0.3, 0.4) is 0 Å². The summed E-state index contributed by atoms with van der Waals surface area (Å²) in [6.07, 6.45) is 0. The number of aromatic nitrogens is 2. The first-order chi connectivity index (χ1) is 18.2. The fraction of sp³-hybridized carbons (Fsp3) is 0.172. The first-order valence-electron chi connectivity index (χ1n) is 11.9. The lowest BCUT2D eigenvalue weighted by molar-refractivity contribution is -0.132. The number of aliphatic hydroxyl groups is 1. The van der Waals surface area contributed by atoms with Gasteiger partial charge in [0.25, 0.3) is 5.78 Å². The summed E-state index contributed by atoms with van der Waals surface area (Å²) in [7, 11) is 0. The van der Waals surface area contributed by atoms with Crippen LogP contribution in [0.5, 0.6) is 0 Å². The maximum atomic E-state index is 13.4. The Morgan fingerprint density at radius 1 is 1.00 bits per heavy atom. The summed E-state index contributed by atoms with van der Waals surface area (Å²) in [6.45, 7) is 5.73. The van der Waals surface area contributed by atoms with Crippen molar-refractivity contribution in [3.63, 3.8) is 0 Å². The zero-order chi connectivity index (χ0) is 27.0. The largest absolute Gasteiger partial charge is 0.507 e.